The smallest absolute Gasteiger partial charge is 0.317 e. The Balaban J connectivity index is 1.47. The van der Waals surface area contributed by atoms with Crippen molar-refractivity contribution in [3.63, 3.8) is 0 Å². The molecule has 140 valence electrons. The van der Waals surface area contributed by atoms with E-state index < -0.39 is 0 Å². The minimum absolute atomic E-state index is 0.0152. The molecular weight excluding hydrogens is 332 g/mol. The Bertz CT molecular complexity index is 739. The lowest BCUT2D eigenvalue weighted by Crippen LogP contribution is -2.40. The molecule has 1 saturated carbocycles. The SMILES string of the molecule is Cc1cc(C)nc(OC2CCC(NC(=O)Cc3c(C)noc3C)CC2)n1. The molecule has 26 heavy (non-hydrogen) atoms. The molecule has 1 amide bonds. The fraction of sp³-hybridized carbons (Fsp3) is 0.579. The standard InChI is InChI=1S/C19H26N4O3/c1-11-9-12(2)21-19(20-11)25-16-7-5-15(6-8-16)22-18(24)10-17-13(3)23-26-14(17)4/h9,15-16H,5-8,10H2,1-4H3,(H,22,24). The molecule has 0 spiro atoms. The molecule has 7 nitrogen and oxygen atoms in total. The Labute approximate surface area is 153 Å². The summed E-state index contributed by atoms with van der Waals surface area (Å²) in [5.74, 6) is 0.726. The van der Waals surface area contributed by atoms with Crippen LogP contribution in [0.3, 0.4) is 0 Å². The van der Waals surface area contributed by atoms with Crippen molar-refractivity contribution in [3.05, 3.63) is 34.5 Å². The Hall–Kier alpha value is -2.44. The Kier molecular flexibility index (Phi) is 5.54. The van der Waals surface area contributed by atoms with Crippen LogP contribution in [0.2, 0.25) is 0 Å². The molecule has 2 heterocycles. The van der Waals surface area contributed by atoms with Gasteiger partial charge in [0.2, 0.25) is 5.91 Å². The first-order chi connectivity index (χ1) is 12.4. The van der Waals surface area contributed by atoms with Crippen LogP contribution in [0.4, 0.5) is 0 Å². The van der Waals surface area contributed by atoms with E-state index in [-0.39, 0.29) is 18.1 Å². The van der Waals surface area contributed by atoms with Crippen LogP contribution >= 0.6 is 0 Å². The molecule has 1 aliphatic carbocycles. The zero-order chi connectivity index (χ0) is 18.7. The van der Waals surface area contributed by atoms with Crippen LogP contribution < -0.4 is 10.1 Å². The summed E-state index contributed by atoms with van der Waals surface area (Å²) in [6.45, 7) is 7.57. The summed E-state index contributed by atoms with van der Waals surface area (Å²) < 4.78 is 11.0. The topological polar surface area (TPSA) is 90.1 Å². The summed E-state index contributed by atoms with van der Waals surface area (Å²) in [5.41, 5.74) is 3.48. The third kappa shape index (κ3) is 4.59. The summed E-state index contributed by atoms with van der Waals surface area (Å²) in [6.07, 6.45) is 3.96. The highest BCUT2D eigenvalue weighted by Gasteiger charge is 2.25. The number of hydrogen-bond acceptors (Lipinski definition) is 6. The lowest BCUT2D eigenvalue weighted by molar-refractivity contribution is -0.121. The molecule has 0 radical (unpaired) electrons. The molecule has 0 bridgehead atoms. The quantitative estimate of drug-likeness (QED) is 0.884. The zero-order valence-electron chi connectivity index (χ0n) is 15.8. The first-order valence-corrected chi connectivity index (χ1v) is 9.10. The molecule has 0 aromatic carbocycles. The Morgan fingerprint density at radius 1 is 1.15 bits per heavy atom. The second kappa shape index (κ2) is 7.85. The second-order valence-corrected chi connectivity index (χ2v) is 7.07. The van der Waals surface area contributed by atoms with E-state index in [2.05, 4.69) is 20.4 Å². The minimum atomic E-state index is 0.0152. The van der Waals surface area contributed by atoms with Crippen molar-refractivity contribution >= 4 is 5.91 Å². The van der Waals surface area contributed by atoms with Gasteiger partial charge in [0.15, 0.2) is 0 Å². The first-order valence-electron chi connectivity index (χ1n) is 9.10. The van der Waals surface area contributed by atoms with Crippen molar-refractivity contribution in [1.82, 2.24) is 20.4 Å². The van der Waals surface area contributed by atoms with Crippen LogP contribution in [0.1, 0.15) is 54.1 Å². The third-order valence-corrected chi connectivity index (χ3v) is 4.79. The number of aryl methyl sites for hydroxylation is 4. The van der Waals surface area contributed by atoms with Gasteiger partial charge in [0.25, 0.3) is 0 Å². The minimum Gasteiger partial charge on any atom is -0.460 e. The van der Waals surface area contributed by atoms with Gasteiger partial charge in [-0.25, -0.2) is 9.97 Å². The van der Waals surface area contributed by atoms with Gasteiger partial charge < -0.3 is 14.6 Å². The van der Waals surface area contributed by atoms with Gasteiger partial charge in [-0.2, -0.15) is 0 Å². The molecule has 3 rings (SSSR count). The van der Waals surface area contributed by atoms with Gasteiger partial charge in [-0.1, -0.05) is 5.16 Å². The van der Waals surface area contributed by atoms with Crippen molar-refractivity contribution < 1.29 is 14.1 Å². The van der Waals surface area contributed by atoms with E-state index in [1.54, 1.807) is 0 Å². The maximum atomic E-state index is 12.3. The van der Waals surface area contributed by atoms with Crippen molar-refractivity contribution in [1.29, 1.82) is 0 Å². The molecule has 1 aliphatic rings. The second-order valence-electron chi connectivity index (χ2n) is 7.07. The number of amides is 1. The number of carbonyl (C=O) groups excluding carboxylic acids is 1. The van der Waals surface area contributed by atoms with Gasteiger partial charge in [-0.3, -0.25) is 4.79 Å². The number of carbonyl (C=O) groups is 1. The molecule has 2 aromatic heterocycles. The lowest BCUT2D eigenvalue weighted by atomic mass is 9.92. The normalized spacial score (nSPS) is 20.0. The zero-order valence-corrected chi connectivity index (χ0v) is 15.8. The molecule has 1 fully saturated rings. The van der Waals surface area contributed by atoms with Gasteiger partial charge in [-0.05, 0) is 59.4 Å². The van der Waals surface area contributed by atoms with Crippen LogP contribution in [0, 0.1) is 27.7 Å². The van der Waals surface area contributed by atoms with Gasteiger partial charge in [0.05, 0.1) is 12.1 Å². The highest BCUT2D eigenvalue weighted by molar-refractivity contribution is 5.79. The van der Waals surface area contributed by atoms with Crippen molar-refractivity contribution in [3.8, 4) is 6.01 Å². The van der Waals surface area contributed by atoms with E-state index in [1.165, 1.54) is 0 Å². The molecule has 7 heteroatoms. The van der Waals surface area contributed by atoms with Gasteiger partial charge in [-0.15, -0.1) is 0 Å². The number of nitrogens with zero attached hydrogens (tertiary/aromatic N) is 3. The van der Waals surface area contributed by atoms with E-state index in [4.69, 9.17) is 9.26 Å². The maximum absolute atomic E-state index is 12.3. The number of nitrogens with one attached hydrogen (secondary N) is 1. The van der Waals surface area contributed by atoms with E-state index in [9.17, 15) is 4.79 Å². The van der Waals surface area contributed by atoms with Gasteiger partial charge >= 0.3 is 6.01 Å². The molecule has 2 aromatic rings. The average Bonchev–Trinajstić information content (AvgIpc) is 2.88. The molecular formula is C19H26N4O3. The summed E-state index contributed by atoms with van der Waals surface area (Å²) >= 11 is 0. The summed E-state index contributed by atoms with van der Waals surface area (Å²) in [7, 11) is 0. The van der Waals surface area contributed by atoms with Crippen molar-refractivity contribution in [2.24, 2.45) is 0 Å². The van der Waals surface area contributed by atoms with Crippen LogP contribution in [0.25, 0.3) is 0 Å². The molecule has 0 saturated heterocycles. The monoisotopic (exact) mass is 358 g/mol. The highest BCUT2D eigenvalue weighted by atomic mass is 16.5. The van der Waals surface area contributed by atoms with Crippen LogP contribution in [-0.2, 0) is 11.2 Å². The lowest BCUT2D eigenvalue weighted by Gasteiger charge is -2.29. The number of aromatic nitrogens is 3. The highest BCUT2D eigenvalue weighted by Crippen LogP contribution is 2.23. The van der Waals surface area contributed by atoms with Crippen LogP contribution in [0.15, 0.2) is 10.6 Å². The number of rotatable bonds is 5. The van der Waals surface area contributed by atoms with E-state index >= 15 is 0 Å². The summed E-state index contributed by atoms with van der Waals surface area (Å²) in [6, 6.07) is 2.56. The van der Waals surface area contributed by atoms with E-state index in [1.807, 2.05) is 33.8 Å². The summed E-state index contributed by atoms with van der Waals surface area (Å²) in [4.78, 5) is 21.0. The molecule has 0 aliphatic heterocycles. The average molecular weight is 358 g/mol. The van der Waals surface area contributed by atoms with Gasteiger partial charge in [0.1, 0.15) is 11.9 Å². The van der Waals surface area contributed by atoms with E-state index in [0.717, 1.165) is 48.3 Å². The molecule has 0 atom stereocenters. The van der Waals surface area contributed by atoms with E-state index in [0.29, 0.717) is 18.2 Å². The number of ether oxygens (including phenoxy) is 1. The van der Waals surface area contributed by atoms with Crippen molar-refractivity contribution in [2.75, 3.05) is 0 Å². The molecule has 1 N–H and O–H groups in total. The van der Waals surface area contributed by atoms with Crippen LogP contribution in [0.5, 0.6) is 6.01 Å². The predicted molar refractivity (Wildman–Crippen MR) is 96.0 cm³/mol. The molecule has 0 unspecified atom stereocenters. The third-order valence-electron chi connectivity index (χ3n) is 4.79. The Morgan fingerprint density at radius 3 is 2.38 bits per heavy atom. The number of hydrogen-bond donors (Lipinski definition) is 1. The summed E-state index contributed by atoms with van der Waals surface area (Å²) in [5, 5.41) is 7.01. The maximum Gasteiger partial charge on any atom is 0.317 e. The predicted octanol–water partition coefficient (Wildman–Crippen LogP) is 2.75. The van der Waals surface area contributed by atoms with Crippen molar-refractivity contribution in [2.45, 2.75) is 71.9 Å². The fourth-order valence-corrected chi connectivity index (χ4v) is 3.41. The Morgan fingerprint density at radius 2 is 1.81 bits per heavy atom. The fourth-order valence-electron chi connectivity index (χ4n) is 3.41. The van der Waals surface area contributed by atoms with Gasteiger partial charge in [0, 0.05) is 23.0 Å². The largest absolute Gasteiger partial charge is 0.460 e. The van der Waals surface area contributed by atoms with Crippen LogP contribution in [-0.4, -0.2) is 33.2 Å². The first kappa shape index (κ1) is 18.4.